The summed E-state index contributed by atoms with van der Waals surface area (Å²) in [6.07, 6.45) is 5.08. The molecule has 1 saturated carbocycles. The highest BCUT2D eigenvalue weighted by Crippen LogP contribution is 2.27. The number of esters is 1. The highest BCUT2D eigenvalue weighted by Gasteiger charge is 2.25. The summed E-state index contributed by atoms with van der Waals surface area (Å²) in [6.45, 7) is 1.35. The molecule has 72 valence electrons. The van der Waals surface area contributed by atoms with E-state index in [1.54, 1.807) is 0 Å². The van der Waals surface area contributed by atoms with Crippen molar-refractivity contribution >= 4 is 5.97 Å². The molecule has 0 amide bonds. The van der Waals surface area contributed by atoms with Crippen molar-refractivity contribution in [1.82, 2.24) is 0 Å². The maximum absolute atomic E-state index is 10.7. The van der Waals surface area contributed by atoms with Crippen LogP contribution in [0.4, 0.5) is 0 Å². The number of nitrogens with zero attached hydrogens (tertiary/aromatic N) is 1. The predicted octanol–water partition coefficient (Wildman–Crippen LogP) is 2.02. The second-order valence-corrected chi connectivity index (χ2v) is 3.56. The molecule has 3 heteroatoms. The molecule has 0 bridgehead atoms. The van der Waals surface area contributed by atoms with Crippen LogP contribution in [-0.2, 0) is 9.53 Å². The predicted molar refractivity (Wildman–Crippen MR) is 47.7 cm³/mol. The number of ether oxygens (including phenoxy) is 1. The fourth-order valence-corrected chi connectivity index (χ4v) is 1.84. The Hall–Kier alpha value is -1.04. The number of rotatable bonds is 2. The van der Waals surface area contributed by atoms with Crippen molar-refractivity contribution in [3.05, 3.63) is 0 Å². The Morgan fingerprint density at radius 1 is 1.46 bits per heavy atom. The molecule has 0 spiro atoms. The van der Waals surface area contributed by atoms with Crippen LogP contribution in [0.1, 0.15) is 39.0 Å². The number of hydrogen-bond acceptors (Lipinski definition) is 3. The highest BCUT2D eigenvalue weighted by molar-refractivity contribution is 5.66. The zero-order valence-electron chi connectivity index (χ0n) is 7.95. The SMILES string of the molecule is CC(=O)OC(C#N)C1CCCCC1. The maximum atomic E-state index is 10.7. The number of carbonyl (C=O) groups excluding carboxylic acids is 1. The summed E-state index contributed by atoms with van der Waals surface area (Å²) in [5, 5.41) is 8.80. The molecule has 1 rings (SSSR count). The molecular weight excluding hydrogens is 166 g/mol. The third-order valence-corrected chi connectivity index (χ3v) is 2.50. The minimum Gasteiger partial charge on any atom is -0.447 e. The highest BCUT2D eigenvalue weighted by atomic mass is 16.5. The van der Waals surface area contributed by atoms with Crippen molar-refractivity contribution in [2.24, 2.45) is 5.92 Å². The second kappa shape index (κ2) is 4.86. The van der Waals surface area contributed by atoms with Crippen molar-refractivity contribution in [1.29, 1.82) is 5.26 Å². The van der Waals surface area contributed by atoms with Crippen molar-refractivity contribution in [3.63, 3.8) is 0 Å². The molecule has 0 aromatic heterocycles. The van der Waals surface area contributed by atoms with Crippen LogP contribution < -0.4 is 0 Å². The first-order valence-electron chi connectivity index (χ1n) is 4.81. The van der Waals surface area contributed by atoms with E-state index in [4.69, 9.17) is 10.00 Å². The Morgan fingerprint density at radius 3 is 2.54 bits per heavy atom. The van der Waals surface area contributed by atoms with E-state index in [9.17, 15) is 4.79 Å². The van der Waals surface area contributed by atoms with Crippen LogP contribution in [0.2, 0.25) is 0 Å². The van der Waals surface area contributed by atoms with Gasteiger partial charge in [0, 0.05) is 12.8 Å². The molecule has 1 aliphatic carbocycles. The van der Waals surface area contributed by atoms with E-state index < -0.39 is 6.10 Å². The standard InChI is InChI=1S/C10H15NO2/c1-8(12)13-10(7-11)9-5-3-2-4-6-9/h9-10H,2-6H2,1H3. The van der Waals surface area contributed by atoms with Crippen LogP contribution in [0.5, 0.6) is 0 Å². The lowest BCUT2D eigenvalue weighted by Crippen LogP contribution is -2.26. The quantitative estimate of drug-likeness (QED) is 0.612. The average Bonchev–Trinajstić information content (AvgIpc) is 2.15. The topological polar surface area (TPSA) is 50.1 Å². The van der Waals surface area contributed by atoms with Crippen molar-refractivity contribution in [3.8, 4) is 6.07 Å². The second-order valence-electron chi connectivity index (χ2n) is 3.56. The number of nitriles is 1. The molecule has 1 atom stereocenters. The smallest absolute Gasteiger partial charge is 0.303 e. The van der Waals surface area contributed by atoms with Crippen LogP contribution in [0, 0.1) is 17.2 Å². The van der Waals surface area contributed by atoms with Gasteiger partial charge in [0.25, 0.3) is 0 Å². The monoisotopic (exact) mass is 181 g/mol. The lowest BCUT2D eigenvalue weighted by Gasteiger charge is -2.24. The van der Waals surface area contributed by atoms with Gasteiger partial charge in [0.15, 0.2) is 6.10 Å². The molecule has 0 aromatic carbocycles. The fraction of sp³-hybridized carbons (Fsp3) is 0.800. The molecule has 0 radical (unpaired) electrons. The summed E-state index contributed by atoms with van der Waals surface area (Å²) in [5.41, 5.74) is 0. The van der Waals surface area contributed by atoms with Crippen LogP contribution in [-0.4, -0.2) is 12.1 Å². The maximum Gasteiger partial charge on any atom is 0.303 e. The van der Waals surface area contributed by atoms with E-state index in [1.165, 1.54) is 13.3 Å². The van der Waals surface area contributed by atoms with Gasteiger partial charge < -0.3 is 4.74 Å². The van der Waals surface area contributed by atoms with Gasteiger partial charge in [-0.3, -0.25) is 4.79 Å². The molecule has 0 N–H and O–H groups in total. The van der Waals surface area contributed by atoms with E-state index in [0.29, 0.717) is 0 Å². The van der Waals surface area contributed by atoms with Crippen molar-refractivity contribution < 1.29 is 9.53 Å². The largest absolute Gasteiger partial charge is 0.447 e. The van der Waals surface area contributed by atoms with Gasteiger partial charge >= 0.3 is 5.97 Å². The van der Waals surface area contributed by atoms with E-state index in [0.717, 1.165) is 25.7 Å². The summed E-state index contributed by atoms with van der Waals surface area (Å²) < 4.78 is 4.94. The zero-order valence-corrected chi connectivity index (χ0v) is 7.95. The van der Waals surface area contributed by atoms with E-state index in [1.807, 2.05) is 0 Å². The summed E-state index contributed by atoms with van der Waals surface area (Å²) in [5.74, 6) is -0.0835. The van der Waals surface area contributed by atoms with Gasteiger partial charge in [-0.1, -0.05) is 19.3 Å². The molecular formula is C10H15NO2. The van der Waals surface area contributed by atoms with Gasteiger partial charge in [-0.15, -0.1) is 0 Å². The Morgan fingerprint density at radius 2 is 2.08 bits per heavy atom. The molecule has 0 heterocycles. The lowest BCUT2D eigenvalue weighted by molar-refractivity contribution is -0.146. The summed E-state index contributed by atoms with van der Waals surface area (Å²) in [7, 11) is 0. The van der Waals surface area contributed by atoms with Gasteiger partial charge in [0.1, 0.15) is 6.07 Å². The molecule has 1 unspecified atom stereocenters. The molecule has 1 fully saturated rings. The third kappa shape index (κ3) is 3.06. The first kappa shape index (κ1) is 10.0. The van der Waals surface area contributed by atoms with Crippen LogP contribution in [0.15, 0.2) is 0 Å². The zero-order chi connectivity index (χ0) is 9.68. The fourth-order valence-electron chi connectivity index (χ4n) is 1.84. The Kier molecular flexibility index (Phi) is 3.75. The van der Waals surface area contributed by atoms with Gasteiger partial charge in [0.2, 0.25) is 0 Å². The normalized spacial score (nSPS) is 20.3. The summed E-state index contributed by atoms with van der Waals surface area (Å²) >= 11 is 0. The Bertz CT molecular complexity index is 213. The lowest BCUT2D eigenvalue weighted by atomic mass is 9.86. The first-order valence-corrected chi connectivity index (χ1v) is 4.81. The summed E-state index contributed by atoms with van der Waals surface area (Å²) in [4.78, 5) is 10.7. The van der Waals surface area contributed by atoms with Gasteiger partial charge in [-0.25, -0.2) is 0 Å². The van der Waals surface area contributed by atoms with Crippen LogP contribution in [0.25, 0.3) is 0 Å². The van der Waals surface area contributed by atoms with Gasteiger partial charge in [0.05, 0.1) is 0 Å². The molecule has 0 saturated heterocycles. The average molecular weight is 181 g/mol. The summed E-state index contributed by atoms with van der Waals surface area (Å²) in [6, 6.07) is 2.06. The number of carbonyl (C=O) groups is 1. The first-order chi connectivity index (χ1) is 6.24. The van der Waals surface area contributed by atoms with Gasteiger partial charge in [-0.05, 0) is 12.8 Å². The third-order valence-electron chi connectivity index (χ3n) is 2.50. The molecule has 1 aliphatic rings. The minimum atomic E-state index is -0.516. The van der Waals surface area contributed by atoms with Crippen molar-refractivity contribution in [2.75, 3.05) is 0 Å². The van der Waals surface area contributed by atoms with Crippen molar-refractivity contribution in [2.45, 2.75) is 45.1 Å². The minimum absolute atomic E-state index is 0.266. The Balaban J connectivity index is 2.45. The van der Waals surface area contributed by atoms with E-state index in [-0.39, 0.29) is 11.9 Å². The Labute approximate surface area is 78.7 Å². The molecule has 3 nitrogen and oxygen atoms in total. The van der Waals surface area contributed by atoms with Crippen LogP contribution >= 0.6 is 0 Å². The molecule has 0 aliphatic heterocycles. The van der Waals surface area contributed by atoms with E-state index in [2.05, 4.69) is 6.07 Å². The number of hydrogen-bond donors (Lipinski definition) is 0. The molecule has 0 aromatic rings. The van der Waals surface area contributed by atoms with E-state index >= 15 is 0 Å². The van der Waals surface area contributed by atoms with Gasteiger partial charge in [-0.2, -0.15) is 5.26 Å². The molecule has 13 heavy (non-hydrogen) atoms. The van der Waals surface area contributed by atoms with Crippen LogP contribution in [0.3, 0.4) is 0 Å².